The fourth-order valence-corrected chi connectivity index (χ4v) is 4.07. The number of nitrogens with zero attached hydrogens (tertiary/aromatic N) is 3. The molecule has 128 valence electrons. The number of amides is 1. The number of piperazine rings is 1. The van der Waals surface area contributed by atoms with E-state index in [1.807, 2.05) is 47.4 Å². The van der Waals surface area contributed by atoms with Crippen LogP contribution < -0.4 is 0 Å². The highest BCUT2D eigenvalue weighted by Gasteiger charge is 2.19. The van der Waals surface area contributed by atoms with E-state index in [-0.39, 0.29) is 5.91 Å². The lowest BCUT2D eigenvalue weighted by Gasteiger charge is -2.34. The molecule has 25 heavy (non-hydrogen) atoms. The second kappa shape index (κ2) is 8.43. The Morgan fingerprint density at radius 3 is 2.48 bits per heavy atom. The van der Waals surface area contributed by atoms with Gasteiger partial charge >= 0.3 is 0 Å². The van der Waals surface area contributed by atoms with E-state index in [2.05, 4.69) is 26.9 Å². The quantitative estimate of drug-likeness (QED) is 0.714. The molecule has 0 aliphatic carbocycles. The van der Waals surface area contributed by atoms with Crippen molar-refractivity contribution in [1.29, 1.82) is 5.26 Å². The first-order chi connectivity index (χ1) is 12.1. The standard InChI is InChI=1S/C19H18BrN3OS/c20-18-7-5-17(25-18)6-8-19(24)23-11-9-22(10-12-23)14-16-3-1-15(13-21)2-4-16/h1-8H,9-12,14H2/b8-6+. The Bertz CT molecular complexity index is 799. The Labute approximate surface area is 160 Å². The summed E-state index contributed by atoms with van der Waals surface area (Å²) in [5.41, 5.74) is 1.88. The van der Waals surface area contributed by atoms with Crippen molar-refractivity contribution in [2.45, 2.75) is 6.54 Å². The zero-order valence-electron chi connectivity index (χ0n) is 13.7. The topological polar surface area (TPSA) is 47.3 Å². The van der Waals surface area contributed by atoms with Crippen molar-refractivity contribution >= 4 is 39.2 Å². The van der Waals surface area contributed by atoms with Gasteiger partial charge in [-0.1, -0.05) is 12.1 Å². The van der Waals surface area contributed by atoms with Crippen molar-refractivity contribution in [3.8, 4) is 6.07 Å². The van der Waals surface area contributed by atoms with Crippen molar-refractivity contribution in [2.75, 3.05) is 26.2 Å². The van der Waals surface area contributed by atoms with Gasteiger partial charge in [-0.15, -0.1) is 11.3 Å². The molecule has 4 nitrogen and oxygen atoms in total. The van der Waals surface area contributed by atoms with E-state index < -0.39 is 0 Å². The number of nitriles is 1. The van der Waals surface area contributed by atoms with Crippen LogP contribution in [0.5, 0.6) is 0 Å². The fourth-order valence-electron chi connectivity index (χ4n) is 2.75. The molecule has 6 heteroatoms. The molecule has 0 saturated carbocycles. The predicted octanol–water partition coefficient (Wildman–Crippen LogP) is 3.74. The van der Waals surface area contributed by atoms with Crippen LogP contribution in [0, 0.1) is 11.3 Å². The van der Waals surface area contributed by atoms with Crippen LogP contribution in [0.2, 0.25) is 0 Å². The highest BCUT2D eigenvalue weighted by Crippen LogP contribution is 2.23. The van der Waals surface area contributed by atoms with E-state index in [9.17, 15) is 4.79 Å². The summed E-state index contributed by atoms with van der Waals surface area (Å²) in [7, 11) is 0. The van der Waals surface area contributed by atoms with Crippen LogP contribution in [-0.2, 0) is 11.3 Å². The molecule has 0 radical (unpaired) electrons. The second-order valence-corrected chi connectivity index (χ2v) is 8.38. The van der Waals surface area contributed by atoms with Crippen LogP contribution >= 0.6 is 27.3 Å². The molecule has 1 fully saturated rings. The molecule has 1 aromatic heterocycles. The zero-order chi connectivity index (χ0) is 17.6. The molecule has 1 aliphatic heterocycles. The highest BCUT2D eigenvalue weighted by molar-refractivity contribution is 9.11. The van der Waals surface area contributed by atoms with Crippen molar-refractivity contribution in [1.82, 2.24) is 9.80 Å². The third kappa shape index (κ3) is 5.02. The summed E-state index contributed by atoms with van der Waals surface area (Å²) in [5.74, 6) is 0.0718. The van der Waals surface area contributed by atoms with E-state index in [0.717, 1.165) is 41.4 Å². The highest BCUT2D eigenvalue weighted by atomic mass is 79.9. The van der Waals surface area contributed by atoms with Gasteiger partial charge in [0.2, 0.25) is 5.91 Å². The number of halogens is 1. The van der Waals surface area contributed by atoms with Gasteiger partial charge in [0.15, 0.2) is 0 Å². The first-order valence-corrected chi connectivity index (χ1v) is 9.69. The van der Waals surface area contributed by atoms with Crippen LogP contribution in [0.4, 0.5) is 0 Å². The molecule has 2 aromatic rings. The summed E-state index contributed by atoms with van der Waals surface area (Å²) in [6, 6.07) is 13.8. The number of thiophene rings is 1. The average Bonchev–Trinajstić information content (AvgIpc) is 3.06. The van der Waals surface area contributed by atoms with Crippen molar-refractivity contribution < 1.29 is 4.79 Å². The molecule has 1 aromatic carbocycles. The van der Waals surface area contributed by atoms with Gasteiger partial charge < -0.3 is 4.90 Å². The van der Waals surface area contributed by atoms with Gasteiger partial charge in [0.25, 0.3) is 0 Å². The average molecular weight is 416 g/mol. The summed E-state index contributed by atoms with van der Waals surface area (Å²) in [4.78, 5) is 17.6. The number of benzene rings is 1. The summed E-state index contributed by atoms with van der Waals surface area (Å²) in [5, 5.41) is 8.84. The minimum Gasteiger partial charge on any atom is -0.337 e. The molecule has 1 aliphatic rings. The summed E-state index contributed by atoms with van der Waals surface area (Å²) in [6.07, 6.45) is 3.54. The summed E-state index contributed by atoms with van der Waals surface area (Å²) in [6.45, 7) is 4.07. The second-order valence-electron chi connectivity index (χ2n) is 5.89. The van der Waals surface area contributed by atoms with Gasteiger partial charge in [-0.3, -0.25) is 9.69 Å². The van der Waals surface area contributed by atoms with E-state index in [1.165, 1.54) is 5.56 Å². The SMILES string of the molecule is N#Cc1ccc(CN2CCN(C(=O)/C=C/c3ccc(Br)s3)CC2)cc1. The Balaban J connectivity index is 1.48. The minimum absolute atomic E-state index is 0.0718. The molecular formula is C19H18BrN3OS. The van der Waals surface area contributed by atoms with E-state index in [0.29, 0.717) is 5.56 Å². The van der Waals surface area contributed by atoms with E-state index in [1.54, 1.807) is 17.4 Å². The number of rotatable bonds is 4. The smallest absolute Gasteiger partial charge is 0.246 e. The van der Waals surface area contributed by atoms with Crippen LogP contribution in [0.15, 0.2) is 46.3 Å². The third-order valence-electron chi connectivity index (χ3n) is 4.16. The largest absolute Gasteiger partial charge is 0.337 e. The number of carbonyl (C=O) groups excluding carboxylic acids is 1. The van der Waals surface area contributed by atoms with E-state index in [4.69, 9.17) is 5.26 Å². The monoisotopic (exact) mass is 415 g/mol. The van der Waals surface area contributed by atoms with Crippen molar-refractivity contribution in [3.63, 3.8) is 0 Å². The van der Waals surface area contributed by atoms with Gasteiger partial charge in [0.1, 0.15) is 0 Å². The molecule has 2 heterocycles. The lowest BCUT2D eigenvalue weighted by molar-refractivity contribution is -0.127. The first kappa shape index (κ1) is 17.9. The molecule has 0 spiro atoms. The maximum atomic E-state index is 12.3. The van der Waals surface area contributed by atoms with E-state index >= 15 is 0 Å². The third-order valence-corrected chi connectivity index (χ3v) is 5.75. The van der Waals surface area contributed by atoms with Gasteiger partial charge in [0, 0.05) is 43.7 Å². The maximum absolute atomic E-state index is 12.3. The molecule has 0 bridgehead atoms. The van der Waals surface area contributed by atoms with Crippen molar-refractivity contribution in [2.24, 2.45) is 0 Å². The molecule has 1 saturated heterocycles. The predicted molar refractivity (Wildman–Crippen MR) is 104 cm³/mol. The zero-order valence-corrected chi connectivity index (χ0v) is 16.1. The Kier molecular flexibility index (Phi) is 6.03. The Morgan fingerprint density at radius 1 is 1.16 bits per heavy atom. The van der Waals surface area contributed by atoms with Gasteiger partial charge in [-0.25, -0.2) is 0 Å². The van der Waals surface area contributed by atoms with Crippen LogP contribution in [0.3, 0.4) is 0 Å². The number of hydrogen-bond acceptors (Lipinski definition) is 4. The van der Waals surface area contributed by atoms with Crippen LogP contribution in [0.1, 0.15) is 16.0 Å². The molecule has 3 rings (SSSR count). The van der Waals surface area contributed by atoms with Crippen LogP contribution in [-0.4, -0.2) is 41.9 Å². The first-order valence-electron chi connectivity index (χ1n) is 8.08. The van der Waals surface area contributed by atoms with Crippen molar-refractivity contribution in [3.05, 3.63) is 62.3 Å². The number of carbonyl (C=O) groups is 1. The lowest BCUT2D eigenvalue weighted by Crippen LogP contribution is -2.47. The normalized spacial score (nSPS) is 15.4. The fraction of sp³-hybridized carbons (Fsp3) is 0.263. The van der Waals surface area contributed by atoms with Gasteiger partial charge in [-0.05, 0) is 51.8 Å². The molecule has 0 atom stereocenters. The van der Waals surface area contributed by atoms with Crippen LogP contribution in [0.25, 0.3) is 6.08 Å². The number of hydrogen-bond donors (Lipinski definition) is 0. The Morgan fingerprint density at radius 2 is 1.88 bits per heavy atom. The molecule has 1 amide bonds. The summed E-state index contributed by atoms with van der Waals surface area (Å²) < 4.78 is 1.07. The maximum Gasteiger partial charge on any atom is 0.246 e. The lowest BCUT2D eigenvalue weighted by atomic mass is 10.1. The molecule has 0 unspecified atom stereocenters. The van der Waals surface area contributed by atoms with Gasteiger partial charge in [-0.2, -0.15) is 5.26 Å². The van der Waals surface area contributed by atoms with Gasteiger partial charge in [0.05, 0.1) is 15.4 Å². The minimum atomic E-state index is 0.0718. The molecular weight excluding hydrogens is 398 g/mol. The summed E-state index contributed by atoms with van der Waals surface area (Å²) >= 11 is 5.04. The molecule has 0 N–H and O–H groups in total. The Hall–Kier alpha value is -1.94.